The van der Waals surface area contributed by atoms with Gasteiger partial charge in [0.1, 0.15) is 0 Å². The summed E-state index contributed by atoms with van der Waals surface area (Å²) in [6, 6.07) is 1.23. The van der Waals surface area contributed by atoms with Crippen molar-refractivity contribution in [2.45, 2.75) is 19.4 Å². The molecule has 0 bridgehead atoms. The third kappa shape index (κ3) is 7.12. The maximum atomic E-state index is 5.34. The van der Waals surface area contributed by atoms with E-state index in [1.54, 1.807) is 14.2 Å². The van der Waals surface area contributed by atoms with Gasteiger partial charge in [-0.15, -0.1) is 8.37 Å². The molecule has 3 nitrogen and oxygen atoms in total. The molecule has 0 saturated carbocycles. The molecule has 0 rings (SSSR count). The third-order valence-electron chi connectivity index (χ3n) is 1.43. The second-order valence-electron chi connectivity index (χ2n) is 2.25. The molecule has 0 aromatic rings. The van der Waals surface area contributed by atoms with E-state index in [9.17, 15) is 0 Å². The largest absolute Gasteiger partial charge is 0.424 e. The zero-order valence-corrected chi connectivity index (χ0v) is 10.4. The van der Waals surface area contributed by atoms with Crippen molar-refractivity contribution in [3.05, 3.63) is 0 Å². The molecule has 0 amide bonds. The summed E-state index contributed by atoms with van der Waals surface area (Å²) in [4.78, 5) is 0. The molecule has 0 radical (unpaired) electrons. The van der Waals surface area contributed by atoms with E-state index < -0.39 is 0 Å². The Morgan fingerprint density at radius 3 is 2.42 bits per heavy atom. The second-order valence-corrected chi connectivity index (χ2v) is 5.45. The van der Waals surface area contributed by atoms with E-state index in [0.29, 0.717) is 0 Å². The molecule has 0 N–H and O–H groups in total. The van der Waals surface area contributed by atoms with E-state index >= 15 is 0 Å². The summed E-state index contributed by atoms with van der Waals surface area (Å²) < 4.78 is 15.5. The molecule has 0 fully saturated rings. The Hall–Kier alpha value is 0.447. The Kier molecular flexibility index (Phi) is 9.89. The van der Waals surface area contributed by atoms with Gasteiger partial charge in [-0.2, -0.15) is 0 Å². The van der Waals surface area contributed by atoms with Crippen LogP contribution < -0.4 is 0 Å². The lowest BCUT2D eigenvalue weighted by atomic mass is 10.6. The summed E-state index contributed by atoms with van der Waals surface area (Å²) in [6.45, 7) is 2.91. The van der Waals surface area contributed by atoms with Crippen LogP contribution in [0.1, 0.15) is 13.3 Å². The number of hydrogen-bond donors (Lipinski definition) is 0. The van der Waals surface area contributed by atoms with Crippen LogP contribution in [0, 0.1) is 0 Å². The highest BCUT2D eigenvalue weighted by molar-refractivity contribution is 7.87. The lowest BCUT2D eigenvalue weighted by Crippen LogP contribution is -2.11. The van der Waals surface area contributed by atoms with E-state index in [4.69, 9.17) is 12.8 Å². The van der Waals surface area contributed by atoms with Gasteiger partial charge in [-0.1, -0.05) is 0 Å². The first-order chi connectivity index (χ1) is 5.85. The smallest absolute Gasteiger partial charge is 0.314 e. The Morgan fingerprint density at radius 1 is 1.25 bits per heavy atom. The highest BCUT2D eigenvalue weighted by Gasteiger charge is 2.17. The number of rotatable bonds is 8. The maximum Gasteiger partial charge on any atom is 0.314 e. The van der Waals surface area contributed by atoms with E-state index in [0.717, 1.165) is 18.8 Å². The molecular formula is C7H19O3SSi+. The quantitative estimate of drug-likeness (QED) is 0.335. The predicted octanol–water partition coefficient (Wildman–Crippen LogP) is 0.656. The predicted molar refractivity (Wildman–Crippen MR) is 55.8 cm³/mol. The molecule has 0 aromatic heterocycles. The third-order valence-corrected chi connectivity index (χ3v) is 4.28. The van der Waals surface area contributed by atoms with E-state index in [1.807, 2.05) is 6.92 Å². The first kappa shape index (κ1) is 12.4. The van der Waals surface area contributed by atoms with Crippen molar-refractivity contribution in [1.29, 1.82) is 0 Å². The molecule has 5 heteroatoms. The normalized spacial score (nSPS) is 12.0. The highest BCUT2D eigenvalue weighted by atomic mass is 32.2. The van der Waals surface area contributed by atoms with Crippen molar-refractivity contribution in [2.75, 3.05) is 26.6 Å². The fraction of sp³-hybridized carbons (Fsp3) is 1.00. The molecule has 0 aliphatic carbocycles. The molecule has 0 aliphatic rings. The standard InChI is InChI=1S/C7H19O3SSi/c1-4-10-12-7-5-6-11(8-2)9-3/h4-7,12H2,1-3H3/q+1. The maximum absolute atomic E-state index is 5.34. The summed E-state index contributed by atoms with van der Waals surface area (Å²) in [5, 5.41) is 0. The molecule has 0 atom stereocenters. The highest BCUT2D eigenvalue weighted by Crippen LogP contribution is 2.02. The van der Waals surface area contributed by atoms with Gasteiger partial charge in [0.05, 0.1) is 14.2 Å². The average Bonchev–Trinajstić information content (AvgIpc) is 2.11. The first-order valence-electron chi connectivity index (χ1n) is 4.22. The molecule has 0 aromatic carbocycles. The summed E-state index contributed by atoms with van der Waals surface area (Å²) in [5.41, 5.74) is 0. The van der Waals surface area contributed by atoms with Crippen LogP contribution in [0.15, 0.2) is 0 Å². The van der Waals surface area contributed by atoms with Gasteiger partial charge in [0.2, 0.25) is 0 Å². The van der Waals surface area contributed by atoms with Crippen LogP contribution in [0.2, 0.25) is 6.04 Å². The van der Waals surface area contributed by atoms with E-state index in [2.05, 4.69) is 0 Å². The SMILES string of the molecule is CCO[SiH2]CCC[S+](OC)OC. The Balaban J connectivity index is 3.06. The van der Waals surface area contributed by atoms with Gasteiger partial charge in [-0.25, -0.2) is 0 Å². The number of hydrogen-bond acceptors (Lipinski definition) is 3. The van der Waals surface area contributed by atoms with Gasteiger partial charge in [-0.3, -0.25) is 0 Å². The topological polar surface area (TPSA) is 27.7 Å². The van der Waals surface area contributed by atoms with Crippen LogP contribution in [-0.4, -0.2) is 36.3 Å². The Morgan fingerprint density at radius 2 is 1.92 bits per heavy atom. The summed E-state index contributed by atoms with van der Waals surface area (Å²) in [7, 11) is 3.12. The van der Waals surface area contributed by atoms with Gasteiger partial charge in [0.15, 0.2) is 15.5 Å². The molecule has 0 saturated heterocycles. The lowest BCUT2D eigenvalue weighted by molar-refractivity contribution is 0.354. The van der Waals surface area contributed by atoms with Crippen molar-refractivity contribution in [3.63, 3.8) is 0 Å². The van der Waals surface area contributed by atoms with Crippen LogP contribution in [0.25, 0.3) is 0 Å². The van der Waals surface area contributed by atoms with Crippen molar-refractivity contribution in [1.82, 2.24) is 0 Å². The molecule has 0 heterocycles. The molecule has 0 spiro atoms. The fourth-order valence-corrected chi connectivity index (χ4v) is 3.02. The molecule has 0 aliphatic heterocycles. The van der Waals surface area contributed by atoms with Gasteiger partial charge in [0.25, 0.3) is 0 Å². The molecule has 74 valence electrons. The van der Waals surface area contributed by atoms with Crippen LogP contribution in [0.4, 0.5) is 0 Å². The van der Waals surface area contributed by atoms with Gasteiger partial charge in [0, 0.05) is 6.61 Å². The van der Waals surface area contributed by atoms with Crippen LogP contribution in [0.5, 0.6) is 0 Å². The zero-order chi connectivity index (χ0) is 9.23. The molecule has 0 unspecified atom stereocenters. The average molecular weight is 211 g/mol. The minimum absolute atomic E-state index is 0.254. The summed E-state index contributed by atoms with van der Waals surface area (Å²) >= 11 is -0.277. The molecular weight excluding hydrogens is 192 g/mol. The summed E-state index contributed by atoms with van der Waals surface area (Å²) in [5.74, 6) is 1.01. The van der Waals surface area contributed by atoms with Gasteiger partial charge >= 0.3 is 11.5 Å². The van der Waals surface area contributed by atoms with Crippen LogP contribution >= 0.6 is 0 Å². The second kappa shape index (κ2) is 9.53. The first-order valence-corrected chi connectivity index (χ1v) is 7.04. The van der Waals surface area contributed by atoms with Crippen molar-refractivity contribution in [3.8, 4) is 0 Å². The van der Waals surface area contributed by atoms with Crippen molar-refractivity contribution >= 4 is 21.2 Å². The zero-order valence-electron chi connectivity index (χ0n) is 8.17. The summed E-state index contributed by atoms with van der Waals surface area (Å²) in [6.07, 6.45) is 1.16. The van der Waals surface area contributed by atoms with Gasteiger partial charge in [-0.05, 0) is 19.4 Å². The Labute approximate surface area is 80.5 Å². The van der Waals surface area contributed by atoms with Crippen molar-refractivity contribution in [2.24, 2.45) is 0 Å². The van der Waals surface area contributed by atoms with E-state index in [-0.39, 0.29) is 21.2 Å². The van der Waals surface area contributed by atoms with E-state index in [1.165, 1.54) is 6.04 Å². The lowest BCUT2D eigenvalue weighted by Gasteiger charge is -1.99. The van der Waals surface area contributed by atoms with Crippen LogP contribution in [-0.2, 0) is 24.2 Å². The Bertz CT molecular complexity index is 90.7. The van der Waals surface area contributed by atoms with Crippen LogP contribution in [0.3, 0.4) is 0 Å². The minimum atomic E-state index is -0.277. The minimum Gasteiger partial charge on any atom is -0.424 e. The molecule has 12 heavy (non-hydrogen) atoms. The van der Waals surface area contributed by atoms with Crippen molar-refractivity contribution < 1.29 is 12.8 Å². The monoisotopic (exact) mass is 211 g/mol. The fourth-order valence-electron chi connectivity index (χ4n) is 0.803. The van der Waals surface area contributed by atoms with Gasteiger partial charge < -0.3 is 4.43 Å².